The summed E-state index contributed by atoms with van der Waals surface area (Å²) in [6, 6.07) is 15.3. The van der Waals surface area contributed by atoms with Crippen LogP contribution in [0.3, 0.4) is 0 Å². The van der Waals surface area contributed by atoms with E-state index < -0.39 is 5.97 Å². The Morgan fingerprint density at radius 1 is 1.17 bits per heavy atom. The number of benzene rings is 2. The Bertz CT molecular complexity index is 564. The SMILES string of the molecule is C[C@H](c1ccccc1)c1ccc(Br)cc1C(=O)O. The lowest BCUT2D eigenvalue weighted by Gasteiger charge is -2.15. The Morgan fingerprint density at radius 3 is 2.44 bits per heavy atom. The second-order valence-electron chi connectivity index (χ2n) is 4.17. The topological polar surface area (TPSA) is 37.3 Å². The average Bonchev–Trinajstić information content (AvgIpc) is 2.39. The van der Waals surface area contributed by atoms with E-state index in [0.717, 1.165) is 15.6 Å². The highest BCUT2D eigenvalue weighted by Gasteiger charge is 2.17. The highest BCUT2D eigenvalue weighted by Crippen LogP contribution is 2.28. The number of hydrogen-bond acceptors (Lipinski definition) is 1. The molecule has 2 nitrogen and oxygen atoms in total. The molecule has 1 N–H and O–H groups in total. The zero-order chi connectivity index (χ0) is 13.1. The molecule has 0 bridgehead atoms. The normalized spacial score (nSPS) is 12.1. The van der Waals surface area contributed by atoms with Crippen LogP contribution in [0, 0.1) is 0 Å². The molecule has 3 heteroatoms. The average molecular weight is 305 g/mol. The third kappa shape index (κ3) is 2.62. The monoisotopic (exact) mass is 304 g/mol. The summed E-state index contributed by atoms with van der Waals surface area (Å²) in [4.78, 5) is 11.3. The summed E-state index contributed by atoms with van der Waals surface area (Å²) in [5.41, 5.74) is 2.29. The van der Waals surface area contributed by atoms with E-state index in [1.54, 1.807) is 6.07 Å². The van der Waals surface area contributed by atoms with Gasteiger partial charge in [0.05, 0.1) is 5.56 Å². The van der Waals surface area contributed by atoms with E-state index in [2.05, 4.69) is 15.9 Å². The number of carboxylic acid groups (broad SMARTS) is 1. The molecule has 1 atom stereocenters. The third-order valence-corrected chi connectivity index (χ3v) is 3.51. The molecule has 0 amide bonds. The summed E-state index contributed by atoms with van der Waals surface area (Å²) < 4.78 is 0.781. The van der Waals surface area contributed by atoms with Gasteiger partial charge in [-0.1, -0.05) is 59.3 Å². The molecule has 0 aliphatic rings. The summed E-state index contributed by atoms with van der Waals surface area (Å²) in [5.74, 6) is -0.834. The van der Waals surface area contributed by atoms with Crippen LogP contribution in [-0.2, 0) is 0 Å². The van der Waals surface area contributed by atoms with Gasteiger partial charge in [-0.2, -0.15) is 0 Å². The van der Waals surface area contributed by atoms with Crippen LogP contribution in [-0.4, -0.2) is 11.1 Å². The maximum Gasteiger partial charge on any atom is 0.336 e. The lowest BCUT2D eigenvalue weighted by molar-refractivity contribution is 0.0695. The molecule has 0 aliphatic carbocycles. The first-order valence-electron chi connectivity index (χ1n) is 5.67. The molecule has 92 valence electrons. The van der Waals surface area contributed by atoms with E-state index in [0.29, 0.717) is 5.56 Å². The second kappa shape index (κ2) is 5.36. The number of carbonyl (C=O) groups is 1. The predicted octanol–water partition coefficient (Wildman–Crippen LogP) is 4.30. The quantitative estimate of drug-likeness (QED) is 0.918. The summed E-state index contributed by atoms with van der Waals surface area (Å²) in [6.07, 6.45) is 0. The first-order chi connectivity index (χ1) is 8.59. The van der Waals surface area contributed by atoms with Crippen LogP contribution in [0.25, 0.3) is 0 Å². The van der Waals surface area contributed by atoms with Gasteiger partial charge in [0.25, 0.3) is 0 Å². The van der Waals surface area contributed by atoms with Gasteiger partial charge in [-0.3, -0.25) is 0 Å². The van der Waals surface area contributed by atoms with E-state index in [-0.39, 0.29) is 5.92 Å². The minimum atomic E-state index is -0.894. The van der Waals surface area contributed by atoms with Crippen molar-refractivity contribution in [1.82, 2.24) is 0 Å². The second-order valence-corrected chi connectivity index (χ2v) is 5.08. The van der Waals surface area contributed by atoms with Crippen molar-refractivity contribution >= 4 is 21.9 Å². The molecule has 0 saturated carbocycles. The Hall–Kier alpha value is -1.61. The van der Waals surface area contributed by atoms with E-state index in [1.165, 1.54) is 0 Å². The number of carboxylic acids is 1. The zero-order valence-corrected chi connectivity index (χ0v) is 11.5. The van der Waals surface area contributed by atoms with Crippen molar-refractivity contribution in [2.24, 2.45) is 0 Å². The third-order valence-electron chi connectivity index (χ3n) is 3.01. The van der Waals surface area contributed by atoms with Crippen molar-refractivity contribution in [3.8, 4) is 0 Å². The molecule has 2 aromatic carbocycles. The van der Waals surface area contributed by atoms with Crippen LogP contribution >= 0.6 is 15.9 Å². The van der Waals surface area contributed by atoms with Crippen molar-refractivity contribution in [2.75, 3.05) is 0 Å². The molecule has 2 rings (SSSR count). The highest BCUT2D eigenvalue weighted by atomic mass is 79.9. The molecule has 0 aromatic heterocycles. The van der Waals surface area contributed by atoms with Gasteiger partial charge in [-0.15, -0.1) is 0 Å². The van der Waals surface area contributed by atoms with Crippen LogP contribution in [0.1, 0.15) is 34.3 Å². The summed E-state index contributed by atoms with van der Waals surface area (Å²) >= 11 is 3.31. The van der Waals surface area contributed by atoms with Crippen LogP contribution in [0.4, 0.5) is 0 Å². The Kier molecular flexibility index (Phi) is 3.82. The highest BCUT2D eigenvalue weighted by molar-refractivity contribution is 9.10. The largest absolute Gasteiger partial charge is 0.478 e. The molecule has 0 unspecified atom stereocenters. The molecule has 0 aliphatic heterocycles. The first kappa shape index (κ1) is 12.8. The van der Waals surface area contributed by atoms with Gasteiger partial charge >= 0.3 is 5.97 Å². The smallest absolute Gasteiger partial charge is 0.336 e. The Labute approximate surface area is 114 Å². The van der Waals surface area contributed by atoms with Crippen LogP contribution in [0.2, 0.25) is 0 Å². The lowest BCUT2D eigenvalue weighted by atomic mass is 9.90. The molecule has 0 heterocycles. The minimum Gasteiger partial charge on any atom is -0.478 e. The fraction of sp³-hybridized carbons (Fsp3) is 0.133. The predicted molar refractivity (Wildman–Crippen MR) is 75.1 cm³/mol. The number of hydrogen-bond donors (Lipinski definition) is 1. The number of aromatic carboxylic acids is 1. The van der Waals surface area contributed by atoms with Gasteiger partial charge in [0.2, 0.25) is 0 Å². The number of halogens is 1. The number of rotatable bonds is 3. The van der Waals surface area contributed by atoms with E-state index in [1.807, 2.05) is 49.4 Å². The van der Waals surface area contributed by atoms with Gasteiger partial charge in [0.15, 0.2) is 0 Å². The van der Waals surface area contributed by atoms with Crippen molar-refractivity contribution in [2.45, 2.75) is 12.8 Å². The lowest BCUT2D eigenvalue weighted by Crippen LogP contribution is -2.06. The van der Waals surface area contributed by atoms with Crippen molar-refractivity contribution < 1.29 is 9.90 Å². The van der Waals surface area contributed by atoms with Gasteiger partial charge in [0, 0.05) is 10.4 Å². The van der Waals surface area contributed by atoms with Crippen LogP contribution in [0.15, 0.2) is 53.0 Å². The maximum absolute atomic E-state index is 11.3. The zero-order valence-electron chi connectivity index (χ0n) is 9.93. The van der Waals surface area contributed by atoms with E-state index in [9.17, 15) is 9.90 Å². The molecule has 0 saturated heterocycles. The standard InChI is InChI=1S/C15H13BrO2/c1-10(11-5-3-2-4-6-11)13-8-7-12(16)9-14(13)15(17)18/h2-10H,1H3,(H,17,18)/t10-/m1/s1. The molecule has 0 radical (unpaired) electrons. The fourth-order valence-electron chi connectivity index (χ4n) is 2.01. The molecule has 18 heavy (non-hydrogen) atoms. The summed E-state index contributed by atoms with van der Waals surface area (Å²) in [6.45, 7) is 2.02. The van der Waals surface area contributed by atoms with Gasteiger partial charge in [-0.05, 0) is 23.3 Å². The molecule has 2 aromatic rings. The minimum absolute atomic E-state index is 0.0606. The molecule has 0 fully saturated rings. The van der Waals surface area contributed by atoms with E-state index in [4.69, 9.17) is 0 Å². The van der Waals surface area contributed by atoms with Gasteiger partial charge < -0.3 is 5.11 Å². The van der Waals surface area contributed by atoms with Gasteiger partial charge in [-0.25, -0.2) is 4.79 Å². The Balaban J connectivity index is 2.48. The fourth-order valence-corrected chi connectivity index (χ4v) is 2.37. The maximum atomic E-state index is 11.3. The first-order valence-corrected chi connectivity index (χ1v) is 6.46. The van der Waals surface area contributed by atoms with Crippen LogP contribution < -0.4 is 0 Å². The van der Waals surface area contributed by atoms with Crippen LogP contribution in [0.5, 0.6) is 0 Å². The molecule has 0 spiro atoms. The van der Waals surface area contributed by atoms with Crippen molar-refractivity contribution in [3.63, 3.8) is 0 Å². The Morgan fingerprint density at radius 2 is 1.83 bits per heavy atom. The van der Waals surface area contributed by atoms with Crippen molar-refractivity contribution in [3.05, 3.63) is 69.7 Å². The van der Waals surface area contributed by atoms with Gasteiger partial charge in [0.1, 0.15) is 0 Å². The van der Waals surface area contributed by atoms with E-state index >= 15 is 0 Å². The summed E-state index contributed by atoms with van der Waals surface area (Å²) in [7, 11) is 0. The van der Waals surface area contributed by atoms with Crippen molar-refractivity contribution in [1.29, 1.82) is 0 Å². The molecular formula is C15H13BrO2. The molecular weight excluding hydrogens is 292 g/mol. The summed E-state index contributed by atoms with van der Waals surface area (Å²) in [5, 5.41) is 9.27.